The standard InChI is InChI=1S/C10H13NO/c1-8-4-5-9(12-8)6-10(2,3)7-11/h4-5H,6H2,1-3H3. The third-order valence-corrected chi connectivity index (χ3v) is 1.71. The second-order valence-corrected chi connectivity index (χ2v) is 3.68. The predicted octanol–water partition coefficient (Wildman–Crippen LogP) is 2.68. The number of nitriles is 1. The van der Waals surface area contributed by atoms with Crippen molar-refractivity contribution in [2.75, 3.05) is 0 Å². The maximum absolute atomic E-state index is 8.77. The van der Waals surface area contributed by atoms with Gasteiger partial charge in [-0.1, -0.05) is 0 Å². The fourth-order valence-electron chi connectivity index (χ4n) is 1.06. The number of aryl methyl sites for hydroxylation is 1. The van der Waals surface area contributed by atoms with E-state index in [1.807, 2.05) is 32.9 Å². The highest BCUT2D eigenvalue weighted by Gasteiger charge is 2.18. The molecule has 0 aromatic carbocycles. The number of nitrogens with zero attached hydrogens (tertiary/aromatic N) is 1. The van der Waals surface area contributed by atoms with Gasteiger partial charge in [-0.3, -0.25) is 0 Å². The number of hydrogen-bond acceptors (Lipinski definition) is 2. The lowest BCUT2D eigenvalue weighted by atomic mass is 9.90. The van der Waals surface area contributed by atoms with Crippen LogP contribution in [-0.4, -0.2) is 0 Å². The van der Waals surface area contributed by atoms with Crippen molar-refractivity contribution in [2.45, 2.75) is 27.2 Å². The van der Waals surface area contributed by atoms with Gasteiger partial charge >= 0.3 is 0 Å². The molecule has 0 bridgehead atoms. The van der Waals surface area contributed by atoms with Gasteiger partial charge in [0, 0.05) is 6.42 Å². The van der Waals surface area contributed by atoms with Crippen LogP contribution in [0.1, 0.15) is 25.4 Å². The van der Waals surface area contributed by atoms with Gasteiger partial charge < -0.3 is 4.42 Å². The van der Waals surface area contributed by atoms with Gasteiger partial charge in [0.05, 0.1) is 11.5 Å². The Hall–Kier alpha value is -1.23. The van der Waals surface area contributed by atoms with Crippen LogP contribution in [0.5, 0.6) is 0 Å². The van der Waals surface area contributed by atoms with Crippen molar-refractivity contribution in [1.82, 2.24) is 0 Å². The summed E-state index contributed by atoms with van der Waals surface area (Å²) in [5, 5.41) is 8.77. The highest BCUT2D eigenvalue weighted by atomic mass is 16.3. The van der Waals surface area contributed by atoms with E-state index in [1.165, 1.54) is 0 Å². The molecular formula is C10H13NO. The second kappa shape index (κ2) is 3.02. The van der Waals surface area contributed by atoms with Crippen LogP contribution in [0.2, 0.25) is 0 Å². The molecule has 0 amide bonds. The first-order valence-electron chi connectivity index (χ1n) is 4.00. The molecule has 64 valence electrons. The molecule has 0 saturated heterocycles. The Kier molecular flexibility index (Phi) is 2.23. The van der Waals surface area contributed by atoms with Gasteiger partial charge in [0.25, 0.3) is 0 Å². The van der Waals surface area contributed by atoms with E-state index in [0.29, 0.717) is 6.42 Å². The van der Waals surface area contributed by atoms with Crippen molar-refractivity contribution in [3.05, 3.63) is 23.7 Å². The van der Waals surface area contributed by atoms with E-state index < -0.39 is 0 Å². The van der Waals surface area contributed by atoms with Crippen molar-refractivity contribution < 1.29 is 4.42 Å². The summed E-state index contributed by atoms with van der Waals surface area (Å²) in [5.41, 5.74) is -0.329. The van der Waals surface area contributed by atoms with Gasteiger partial charge in [-0.2, -0.15) is 5.26 Å². The fourth-order valence-corrected chi connectivity index (χ4v) is 1.06. The van der Waals surface area contributed by atoms with E-state index in [-0.39, 0.29) is 5.41 Å². The van der Waals surface area contributed by atoms with Crippen molar-refractivity contribution >= 4 is 0 Å². The van der Waals surface area contributed by atoms with Crippen LogP contribution in [0.15, 0.2) is 16.5 Å². The third kappa shape index (κ3) is 2.13. The summed E-state index contributed by atoms with van der Waals surface area (Å²) in [7, 11) is 0. The minimum atomic E-state index is -0.329. The summed E-state index contributed by atoms with van der Waals surface area (Å²) in [6.45, 7) is 5.72. The summed E-state index contributed by atoms with van der Waals surface area (Å²) < 4.78 is 5.37. The molecule has 0 aliphatic rings. The molecule has 12 heavy (non-hydrogen) atoms. The molecule has 1 aromatic rings. The minimum absolute atomic E-state index is 0.329. The normalized spacial score (nSPS) is 11.2. The average Bonchev–Trinajstić information content (AvgIpc) is 2.35. The van der Waals surface area contributed by atoms with Crippen molar-refractivity contribution in [3.8, 4) is 6.07 Å². The minimum Gasteiger partial charge on any atom is -0.466 e. The molecule has 0 spiro atoms. The van der Waals surface area contributed by atoms with Gasteiger partial charge in [0.1, 0.15) is 11.5 Å². The van der Waals surface area contributed by atoms with Crippen LogP contribution in [0.3, 0.4) is 0 Å². The molecule has 2 heteroatoms. The highest BCUT2D eigenvalue weighted by Crippen LogP contribution is 2.21. The quantitative estimate of drug-likeness (QED) is 0.672. The Morgan fingerprint density at radius 1 is 1.50 bits per heavy atom. The van der Waals surface area contributed by atoms with Crippen LogP contribution >= 0.6 is 0 Å². The molecule has 0 atom stereocenters. The molecule has 1 heterocycles. The van der Waals surface area contributed by atoms with Crippen molar-refractivity contribution in [3.63, 3.8) is 0 Å². The highest BCUT2D eigenvalue weighted by molar-refractivity contribution is 5.10. The predicted molar refractivity (Wildman–Crippen MR) is 46.5 cm³/mol. The van der Waals surface area contributed by atoms with Crippen molar-refractivity contribution in [2.24, 2.45) is 5.41 Å². The van der Waals surface area contributed by atoms with E-state index >= 15 is 0 Å². The molecule has 0 fully saturated rings. The molecule has 0 aliphatic heterocycles. The van der Waals surface area contributed by atoms with Gasteiger partial charge in [-0.25, -0.2) is 0 Å². The maximum Gasteiger partial charge on any atom is 0.105 e. The molecule has 1 rings (SSSR count). The van der Waals surface area contributed by atoms with Gasteiger partial charge in [0.15, 0.2) is 0 Å². The molecule has 0 aliphatic carbocycles. The topological polar surface area (TPSA) is 36.9 Å². The summed E-state index contributed by atoms with van der Waals surface area (Å²) in [6.07, 6.45) is 0.678. The van der Waals surface area contributed by atoms with E-state index in [4.69, 9.17) is 9.68 Å². The van der Waals surface area contributed by atoms with Crippen LogP contribution in [0, 0.1) is 23.7 Å². The van der Waals surface area contributed by atoms with E-state index in [2.05, 4.69) is 6.07 Å². The molecular weight excluding hydrogens is 150 g/mol. The van der Waals surface area contributed by atoms with Crippen LogP contribution in [-0.2, 0) is 6.42 Å². The average molecular weight is 163 g/mol. The lowest BCUT2D eigenvalue weighted by molar-refractivity contribution is 0.404. The summed E-state index contributed by atoms with van der Waals surface area (Å²) >= 11 is 0. The number of furan rings is 1. The second-order valence-electron chi connectivity index (χ2n) is 3.68. The number of rotatable bonds is 2. The molecule has 2 nitrogen and oxygen atoms in total. The first-order chi connectivity index (χ1) is 5.53. The summed E-state index contributed by atoms with van der Waals surface area (Å²) in [6, 6.07) is 6.08. The lowest BCUT2D eigenvalue weighted by Gasteiger charge is -2.11. The lowest BCUT2D eigenvalue weighted by Crippen LogP contribution is -2.10. The first-order valence-corrected chi connectivity index (χ1v) is 4.00. The Bertz CT molecular complexity index is 304. The van der Waals surface area contributed by atoms with E-state index in [9.17, 15) is 0 Å². The van der Waals surface area contributed by atoms with E-state index in [1.54, 1.807) is 0 Å². The first kappa shape index (κ1) is 8.86. The largest absolute Gasteiger partial charge is 0.466 e. The summed E-state index contributed by atoms with van der Waals surface area (Å²) in [4.78, 5) is 0. The molecule has 0 saturated carbocycles. The maximum atomic E-state index is 8.77. The molecule has 0 radical (unpaired) electrons. The Balaban J connectivity index is 2.72. The molecule has 1 aromatic heterocycles. The third-order valence-electron chi connectivity index (χ3n) is 1.71. The van der Waals surface area contributed by atoms with Crippen LogP contribution in [0.4, 0.5) is 0 Å². The van der Waals surface area contributed by atoms with Crippen LogP contribution < -0.4 is 0 Å². The Labute approximate surface area is 72.8 Å². The number of hydrogen-bond donors (Lipinski definition) is 0. The Morgan fingerprint density at radius 3 is 2.58 bits per heavy atom. The zero-order valence-corrected chi connectivity index (χ0v) is 7.72. The fraction of sp³-hybridized carbons (Fsp3) is 0.500. The van der Waals surface area contributed by atoms with E-state index in [0.717, 1.165) is 11.5 Å². The Morgan fingerprint density at radius 2 is 2.17 bits per heavy atom. The summed E-state index contributed by atoms with van der Waals surface area (Å²) in [5.74, 6) is 1.79. The molecule has 0 unspecified atom stereocenters. The zero-order valence-electron chi connectivity index (χ0n) is 7.72. The van der Waals surface area contributed by atoms with Gasteiger partial charge in [-0.15, -0.1) is 0 Å². The monoisotopic (exact) mass is 163 g/mol. The molecule has 0 N–H and O–H groups in total. The van der Waals surface area contributed by atoms with Crippen molar-refractivity contribution in [1.29, 1.82) is 5.26 Å². The van der Waals surface area contributed by atoms with Gasteiger partial charge in [0.2, 0.25) is 0 Å². The van der Waals surface area contributed by atoms with Crippen LogP contribution in [0.25, 0.3) is 0 Å². The zero-order chi connectivity index (χ0) is 9.19. The van der Waals surface area contributed by atoms with Gasteiger partial charge in [-0.05, 0) is 32.9 Å². The smallest absolute Gasteiger partial charge is 0.105 e. The SMILES string of the molecule is Cc1ccc(CC(C)(C)C#N)o1.